The van der Waals surface area contributed by atoms with E-state index in [1.54, 1.807) is 84.9 Å². The van der Waals surface area contributed by atoms with Gasteiger partial charge in [-0.15, -0.1) is 0 Å². The zero-order valence-electron chi connectivity index (χ0n) is 49.1. The number of fused-ring (bicyclic) bond motifs is 3. The van der Waals surface area contributed by atoms with Gasteiger partial charge in [-0.25, -0.2) is 9.59 Å². The number of halogens is 3. The Balaban J connectivity index is 0.000000187. The van der Waals surface area contributed by atoms with Gasteiger partial charge in [-0.1, -0.05) is 107 Å². The molecule has 0 saturated heterocycles. The summed E-state index contributed by atoms with van der Waals surface area (Å²) in [6.07, 6.45) is 5.55. The van der Waals surface area contributed by atoms with Crippen molar-refractivity contribution in [1.29, 1.82) is 0 Å². The number of nitrogens with two attached hydrogens (primary N) is 3. The number of rotatable bonds is 14. The summed E-state index contributed by atoms with van der Waals surface area (Å²) in [5, 5.41) is 19.2. The van der Waals surface area contributed by atoms with E-state index in [2.05, 4.69) is 154 Å². The highest BCUT2D eigenvalue weighted by Gasteiger charge is 2.25. The highest BCUT2D eigenvalue weighted by molar-refractivity contribution is 6.31. The van der Waals surface area contributed by atoms with Crippen molar-refractivity contribution in [2.45, 2.75) is 78.9 Å². The second kappa shape index (κ2) is 33.5. The predicted molar refractivity (Wildman–Crippen MR) is 375 cm³/mol. The minimum Gasteiger partial charge on any atom is -0.465 e. The molecule has 0 radical (unpaired) electrons. The first kappa shape index (κ1) is 70.7. The largest absolute Gasteiger partial charge is 0.465 e. The summed E-state index contributed by atoms with van der Waals surface area (Å²) < 4.78 is 9.19. The SMILES string of the molecule is C.C.C.COC(=O)c1ccc(N)cc1.COC(=O)c1ccc(Nc2nc(Cl)nc(NC3Cc4ccccc4C3)n2)cc1.Clc1nc(Cl)nc(NC2Cc3ccccc3C2)n1.Nc1nc(Nc2ccc(C(=O)Nc3ccccc3N)cc2)nc(NC2Cc3ccccc3C2)n1. The number of benzene rings is 7. The van der Waals surface area contributed by atoms with Crippen LogP contribution < -0.4 is 49.1 Å². The summed E-state index contributed by atoms with van der Waals surface area (Å²) in [5.74, 6) is 1.05. The van der Waals surface area contributed by atoms with Gasteiger partial charge in [0, 0.05) is 40.8 Å². The zero-order chi connectivity index (χ0) is 63.8. The number of anilines is 11. The van der Waals surface area contributed by atoms with Crippen molar-refractivity contribution in [2.24, 2.45) is 0 Å². The van der Waals surface area contributed by atoms with Crippen LogP contribution in [0.2, 0.25) is 15.9 Å². The molecule has 3 aliphatic carbocycles. The minimum atomic E-state index is -0.390. The van der Waals surface area contributed by atoms with E-state index in [0.717, 1.165) is 38.5 Å². The molecule has 7 aromatic carbocycles. The van der Waals surface area contributed by atoms with Crippen LogP contribution in [0.4, 0.5) is 64.1 Å². The van der Waals surface area contributed by atoms with Crippen LogP contribution in [0.1, 0.15) is 86.7 Å². The third-order valence-corrected chi connectivity index (χ3v) is 15.0. The van der Waals surface area contributed by atoms with Crippen molar-refractivity contribution in [3.8, 4) is 0 Å². The molecule has 1 amide bonds. The lowest BCUT2D eigenvalue weighted by atomic mass is 10.1. The topological polar surface area (TPSA) is 336 Å². The van der Waals surface area contributed by atoms with Crippen molar-refractivity contribution < 1.29 is 23.9 Å². The molecule has 0 spiro atoms. The van der Waals surface area contributed by atoms with Crippen molar-refractivity contribution >= 4 is 117 Å². The van der Waals surface area contributed by atoms with Crippen LogP contribution in [0.5, 0.6) is 0 Å². The first-order valence-corrected chi connectivity index (χ1v) is 29.6. The average Bonchev–Trinajstić information content (AvgIpc) is 1.64. The highest BCUT2D eigenvalue weighted by atomic mass is 35.5. The number of carbonyl (C=O) groups is 3. The molecule has 3 heterocycles. The fraction of sp³-hybridized carbons (Fsp3) is 0.206. The van der Waals surface area contributed by atoms with Crippen LogP contribution >= 0.6 is 34.8 Å². The molecule has 10 aromatic rings. The number of hydrogen-bond donors (Lipinski definition) is 9. The maximum absolute atomic E-state index is 12.5. The average molecular weight is 1330 g/mol. The summed E-state index contributed by atoms with van der Waals surface area (Å²) in [6.45, 7) is 0. The molecule has 0 aliphatic heterocycles. The van der Waals surface area contributed by atoms with Gasteiger partial charge in [0.25, 0.3) is 5.91 Å². The lowest BCUT2D eigenvalue weighted by Crippen LogP contribution is -2.22. The first-order chi connectivity index (χ1) is 44.1. The Morgan fingerprint density at radius 1 is 0.394 bits per heavy atom. The number of nitrogen functional groups attached to an aromatic ring is 3. The van der Waals surface area contributed by atoms with Gasteiger partial charge in [-0.3, -0.25) is 4.79 Å². The summed E-state index contributed by atoms with van der Waals surface area (Å²) in [7, 11) is 2.69. The van der Waals surface area contributed by atoms with Crippen molar-refractivity contribution in [3.05, 3.63) is 236 Å². The molecule has 12 N–H and O–H groups in total. The zero-order valence-corrected chi connectivity index (χ0v) is 51.3. The van der Waals surface area contributed by atoms with Gasteiger partial charge in [0.1, 0.15) is 0 Å². The third kappa shape index (κ3) is 19.6. The molecule has 26 heteroatoms. The Hall–Kier alpha value is -10.8. The highest BCUT2D eigenvalue weighted by Crippen LogP contribution is 2.28. The van der Waals surface area contributed by atoms with Gasteiger partial charge in [0.2, 0.25) is 51.5 Å². The Kier molecular flexibility index (Phi) is 25.2. The molecule has 0 unspecified atom stereocenters. The maximum atomic E-state index is 12.5. The Bertz CT molecular complexity index is 4100. The molecular formula is C68H73Cl3N18O5. The number of amides is 1. The van der Waals surface area contributed by atoms with Crippen molar-refractivity contribution in [3.63, 3.8) is 0 Å². The number of methoxy groups -OCH3 is 2. The number of nitrogens with one attached hydrogen (secondary N) is 6. The van der Waals surface area contributed by atoms with Gasteiger partial charge in [0.05, 0.1) is 36.7 Å². The van der Waals surface area contributed by atoms with E-state index in [4.69, 9.17) is 56.7 Å². The summed E-state index contributed by atoms with van der Waals surface area (Å²) in [4.78, 5) is 72.2. The summed E-state index contributed by atoms with van der Waals surface area (Å²) in [6, 6.07) is 53.3. The molecule has 486 valence electrons. The fourth-order valence-corrected chi connectivity index (χ4v) is 10.7. The third-order valence-electron chi connectivity index (χ3n) is 14.5. The summed E-state index contributed by atoms with van der Waals surface area (Å²) in [5.41, 5.74) is 29.9. The molecule has 3 aromatic heterocycles. The second-order valence-electron chi connectivity index (χ2n) is 20.9. The van der Waals surface area contributed by atoms with E-state index in [-0.39, 0.29) is 80.1 Å². The molecule has 0 bridgehead atoms. The van der Waals surface area contributed by atoms with Crippen LogP contribution in [-0.2, 0) is 48.0 Å². The normalized spacial score (nSPS) is 12.4. The lowest BCUT2D eigenvalue weighted by molar-refractivity contribution is 0.0592. The Labute approximate surface area is 560 Å². The molecule has 3 aliphatic rings. The van der Waals surface area contributed by atoms with E-state index in [1.165, 1.54) is 47.6 Å². The fourth-order valence-electron chi connectivity index (χ4n) is 10.2. The number of aromatic nitrogens is 9. The van der Waals surface area contributed by atoms with Gasteiger partial charge in [-0.05, 0) is 192 Å². The van der Waals surface area contributed by atoms with Crippen LogP contribution in [0.15, 0.2) is 170 Å². The van der Waals surface area contributed by atoms with Crippen LogP contribution in [0.25, 0.3) is 0 Å². The molecule has 0 saturated carbocycles. The van der Waals surface area contributed by atoms with Crippen molar-refractivity contribution in [2.75, 3.05) is 63.3 Å². The molecular weight excluding hydrogens is 1260 g/mol. The number of para-hydroxylation sites is 2. The number of esters is 2. The lowest BCUT2D eigenvalue weighted by Gasteiger charge is -2.13. The maximum Gasteiger partial charge on any atom is 0.337 e. The standard InChI is InChI=1S/C25H24N8O.C20H18ClN5O2.C12H10Cl2N4.C8H9NO2.3CH4/c26-20-7-3-4-8-21(20)30-22(34)15-9-11-18(12-10-15)28-24-31-23(27)32-25(33-24)29-19-13-16-5-1-2-6-17(16)14-19;1-28-17(27)12-6-8-15(9-7-12)22-19-24-18(21)25-20(26-19)23-16-10-13-4-2-3-5-14(13)11-16;13-10-16-11(14)18-12(17-10)15-9-5-7-3-1-2-4-8(7)6-9;1-11-8(10)6-2-4-7(9)5-3-6;;;/h1-12,19H,13-14,26H2,(H,30,34)(H4,27,28,29,31,32,33);2-9,16H,10-11H2,1H3,(H2,22,23,24,25,26);1-4,9H,5-6H2,(H,15,16,17,18);2-5H,9H2,1H3;3*1H4. The van der Waals surface area contributed by atoms with E-state index in [1.807, 2.05) is 12.1 Å². The number of carbonyl (C=O) groups excluding carboxylic acids is 3. The van der Waals surface area contributed by atoms with E-state index in [0.29, 0.717) is 74.9 Å². The Morgan fingerprint density at radius 2 is 0.713 bits per heavy atom. The number of hydrogen-bond acceptors (Lipinski definition) is 22. The molecule has 23 nitrogen and oxygen atoms in total. The van der Waals surface area contributed by atoms with Gasteiger partial charge in [0.15, 0.2) is 0 Å². The van der Waals surface area contributed by atoms with Crippen LogP contribution in [0.3, 0.4) is 0 Å². The predicted octanol–water partition coefficient (Wildman–Crippen LogP) is 13.0. The smallest absolute Gasteiger partial charge is 0.337 e. The Morgan fingerprint density at radius 3 is 1.12 bits per heavy atom. The van der Waals surface area contributed by atoms with Crippen LogP contribution in [0, 0.1) is 0 Å². The number of nitrogens with zero attached hydrogens (tertiary/aromatic N) is 9. The molecule has 0 atom stereocenters. The van der Waals surface area contributed by atoms with Gasteiger partial charge >= 0.3 is 11.9 Å². The molecule has 94 heavy (non-hydrogen) atoms. The number of ether oxygens (including phenoxy) is 2. The second-order valence-corrected chi connectivity index (χ2v) is 21.9. The summed E-state index contributed by atoms with van der Waals surface area (Å²) >= 11 is 17.5. The minimum absolute atomic E-state index is 0. The van der Waals surface area contributed by atoms with E-state index < -0.39 is 0 Å². The molecule has 13 rings (SSSR count). The van der Waals surface area contributed by atoms with E-state index >= 15 is 0 Å². The monoisotopic (exact) mass is 1330 g/mol. The quantitative estimate of drug-likeness (QED) is 0.0361. The van der Waals surface area contributed by atoms with Gasteiger partial charge in [-0.2, -0.15) is 44.9 Å². The van der Waals surface area contributed by atoms with Crippen LogP contribution in [-0.4, -0.2) is 95.0 Å². The van der Waals surface area contributed by atoms with E-state index in [9.17, 15) is 14.4 Å². The van der Waals surface area contributed by atoms with Crippen molar-refractivity contribution in [1.82, 2.24) is 44.9 Å². The van der Waals surface area contributed by atoms with Gasteiger partial charge < -0.3 is 58.6 Å². The molecule has 0 fully saturated rings. The first-order valence-electron chi connectivity index (χ1n) is 28.5.